The van der Waals surface area contributed by atoms with E-state index in [0.717, 1.165) is 77.0 Å². The number of hydrogen-bond acceptors (Lipinski definition) is 12. The number of hydrogen-bond donors (Lipinski definition) is 0. The molecule has 4 aliphatic heterocycles. The van der Waals surface area contributed by atoms with Gasteiger partial charge in [0, 0.05) is 102 Å². The summed E-state index contributed by atoms with van der Waals surface area (Å²) in [5.74, 6) is 1.05. The Balaban J connectivity index is 0.660. The van der Waals surface area contributed by atoms with Crippen molar-refractivity contribution in [2.24, 2.45) is 4.99 Å². The smallest absolute Gasteiger partial charge is 0.432 e. The number of fused-ring (bicyclic) bond motifs is 4. The lowest BCUT2D eigenvalue weighted by Crippen LogP contribution is -2.49. The van der Waals surface area contributed by atoms with Crippen molar-refractivity contribution in [1.82, 2.24) is 19.6 Å². The van der Waals surface area contributed by atoms with Crippen LogP contribution in [0.5, 0.6) is 0 Å². The van der Waals surface area contributed by atoms with Crippen LogP contribution in [0.3, 0.4) is 0 Å². The number of nitrogens with zero attached hydrogens (tertiary/aromatic N) is 5. The van der Waals surface area contributed by atoms with E-state index in [1.807, 2.05) is 11.8 Å². The zero-order valence-electron chi connectivity index (χ0n) is 31.7. The molecule has 0 aromatic heterocycles. The van der Waals surface area contributed by atoms with E-state index in [1.54, 1.807) is 11.8 Å². The monoisotopic (exact) mass is 791 g/mol. The molecule has 56 heavy (non-hydrogen) atoms. The van der Waals surface area contributed by atoms with Gasteiger partial charge in [0.15, 0.2) is 0 Å². The fourth-order valence-electron chi connectivity index (χ4n) is 7.37. The maximum absolute atomic E-state index is 12.1. The predicted octanol–water partition coefficient (Wildman–Crippen LogP) is 7.31. The summed E-state index contributed by atoms with van der Waals surface area (Å²) in [6.45, 7) is 11.4. The molecular weight excluding hydrogens is 743 g/mol. The van der Waals surface area contributed by atoms with Gasteiger partial charge in [-0.3, -0.25) is 9.80 Å². The van der Waals surface area contributed by atoms with Crippen LogP contribution in [-0.4, -0.2) is 137 Å². The molecule has 0 unspecified atom stereocenters. The lowest BCUT2D eigenvalue weighted by Gasteiger charge is -2.37. The first-order valence-electron chi connectivity index (χ1n) is 19.6. The van der Waals surface area contributed by atoms with Gasteiger partial charge in [-0.1, -0.05) is 90.3 Å². The van der Waals surface area contributed by atoms with Gasteiger partial charge < -0.3 is 28.7 Å². The highest BCUT2D eigenvalue weighted by Crippen LogP contribution is 2.42. The van der Waals surface area contributed by atoms with Crippen molar-refractivity contribution in [2.75, 3.05) is 105 Å². The standard InChI is InChI=1S/C44H49N5O5S2/c50-44(53-31-29-51-27-25-46-17-21-48(22-18-46)38-33-34-9-1-5-13-39(34)55-40-14-6-2-10-35(38)40)54-32-30-52-28-26-47-19-23-49(24-20-47)43-36-11-3-7-15-41(36)56-42-16-8-4-12-37(42)45-43/h1-16,33H,17-32H2. The van der Waals surface area contributed by atoms with Gasteiger partial charge in [-0.25, -0.2) is 9.79 Å². The minimum absolute atomic E-state index is 0.159. The fourth-order valence-corrected chi connectivity index (χ4v) is 9.45. The molecule has 0 radical (unpaired) electrons. The first kappa shape index (κ1) is 38.6. The topological polar surface area (TPSA) is 79.3 Å². The molecule has 0 bridgehead atoms. The zero-order chi connectivity index (χ0) is 37.9. The number of rotatable bonds is 13. The SMILES string of the molecule is O=C(OCCOCCN1CCN(C2=Cc3ccccc3Sc3ccccc32)CC1)OCCOCCN1CCN(C2=Nc3ccccc3Sc3ccccc32)CC1. The lowest BCUT2D eigenvalue weighted by atomic mass is 10.1. The van der Waals surface area contributed by atoms with E-state index in [4.69, 9.17) is 23.9 Å². The quantitative estimate of drug-likeness (QED) is 0.101. The van der Waals surface area contributed by atoms with Crippen LogP contribution in [0.25, 0.3) is 11.8 Å². The normalized spacial score (nSPS) is 17.0. The number of aliphatic imine (C=N–C) groups is 1. The minimum Gasteiger partial charge on any atom is -0.432 e. The molecule has 8 rings (SSSR count). The van der Waals surface area contributed by atoms with Crippen molar-refractivity contribution < 1.29 is 23.7 Å². The number of ether oxygens (including phenoxy) is 4. The third kappa shape index (κ3) is 9.79. The molecule has 2 fully saturated rings. The van der Waals surface area contributed by atoms with E-state index in [9.17, 15) is 4.79 Å². The molecule has 10 nitrogen and oxygen atoms in total. The maximum Gasteiger partial charge on any atom is 0.508 e. The number of carbonyl (C=O) groups is 1. The van der Waals surface area contributed by atoms with Crippen LogP contribution in [0.15, 0.2) is 122 Å². The number of para-hydroxylation sites is 1. The van der Waals surface area contributed by atoms with Crippen LogP contribution < -0.4 is 0 Å². The van der Waals surface area contributed by atoms with E-state index in [0.29, 0.717) is 26.4 Å². The second-order valence-corrected chi connectivity index (χ2v) is 16.2. The largest absolute Gasteiger partial charge is 0.508 e. The van der Waals surface area contributed by atoms with Crippen LogP contribution in [0.2, 0.25) is 0 Å². The van der Waals surface area contributed by atoms with Crippen LogP contribution in [-0.2, 0) is 18.9 Å². The molecule has 2 saturated heterocycles. The molecule has 0 atom stereocenters. The molecule has 4 aliphatic rings. The Morgan fingerprint density at radius 1 is 0.536 bits per heavy atom. The van der Waals surface area contributed by atoms with Crippen LogP contribution in [0.1, 0.15) is 16.7 Å². The number of piperazine rings is 2. The van der Waals surface area contributed by atoms with E-state index in [2.05, 4.69) is 123 Å². The summed E-state index contributed by atoms with van der Waals surface area (Å²) in [6, 6.07) is 34.3. The van der Waals surface area contributed by atoms with E-state index in [1.165, 1.54) is 42.0 Å². The first-order valence-corrected chi connectivity index (χ1v) is 21.2. The fraction of sp³-hybridized carbons (Fsp3) is 0.364. The summed E-state index contributed by atoms with van der Waals surface area (Å²) >= 11 is 3.63. The first-order chi connectivity index (χ1) is 27.7. The predicted molar refractivity (Wildman–Crippen MR) is 223 cm³/mol. The van der Waals surface area contributed by atoms with Gasteiger partial charge in [-0.15, -0.1) is 0 Å². The molecule has 0 amide bonds. The van der Waals surface area contributed by atoms with Gasteiger partial charge >= 0.3 is 6.16 Å². The molecule has 292 valence electrons. The van der Waals surface area contributed by atoms with Gasteiger partial charge in [0.2, 0.25) is 0 Å². The third-order valence-corrected chi connectivity index (χ3v) is 12.7. The third-order valence-electron chi connectivity index (χ3n) is 10.4. The Labute approximate surface area is 338 Å². The number of benzene rings is 4. The summed E-state index contributed by atoms with van der Waals surface area (Å²) in [5.41, 5.74) is 6.09. The number of amidine groups is 1. The van der Waals surface area contributed by atoms with Crippen molar-refractivity contribution in [1.29, 1.82) is 0 Å². The molecule has 0 aliphatic carbocycles. The molecule has 0 saturated carbocycles. The summed E-state index contributed by atoms with van der Waals surface area (Å²) in [7, 11) is 0. The van der Waals surface area contributed by atoms with E-state index in [-0.39, 0.29) is 13.2 Å². The lowest BCUT2D eigenvalue weighted by molar-refractivity contribution is 0.00494. The summed E-state index contributed by atoms with van der Waals surface area (Å²) in [5, 5.41) is 0. The Morgan fingerprint density at radius 2 is 1.05 bits per heavy atom. The average molecular weight is 792 g/mol. The van der Waals surface area contributed by atoms with E-state index < -0.39 is 6.16 Å². The highest BCUT2D eigenvalue weighted by molar-refractivity contribution is 7.99. The molecule has 0 spiro atoms. The van der Waals surface area contributed by atoms with Gasteiger partial charge in [-0.05, 0) is 42.0 Å². The zero-order valence-corrected chi connectivity index (χ0v) is 33.4. The Kier molecular flexibility index (Phi) is 13.2. The molecular formula is C44H49N5O5S2. The van der Waals surface area contributed by atoms with Gasteiger partial charge in [0.05, 0.1) is 32.1 Å². The molecule has 0 N–H and O–H groups in total. The van der Waals surface area contributed by atoms with Gasteiger partial charge in [0.1, 0.15) is 19.0 Å². The average Bonchev–Trinajstić information content (AvgIpc) is 3.52. The molecule has 4 aromatic carbocycles. The van der Waals surface area contributed by atoms with Crippen molar-refractivity contribution in [3.05, 3.63) is 114 Å². The summed E-state index contributed by atoms with van der Waals surface area (Å²) in [6.07, 6.45) is 1.66. The Hall–Kier alpha value is -4.30. The van der Waals surface area contributed by atoms with Gasteiger partial charge in [0.25, 0.3) is 0 Å². The van der Waals surface area contributed by atoms with Crippen molar-refractivity contribution >= 4 is 53.0 Å². The second-order valence-electron chi connectivity index (χ2n) is 14.0. The van der Waals surface area contributed by atoms with Crippen LogP contribution >= 0.6 is 23.5 Å². The van der Waals surface area contributed by atoms with Gasteiger partial charge in [-0.2, -0.15) is 0 Å². The Morgan fingerprint density at radius 3 is 1.73 bits per heavy atom. The van der Waals surface area contributed by atoms with Crippen LogP contribution in [0, 0.1) is 0 Å². The summed E-state index contributed by atoms with van der Waals surface area (Å²) in [4.78, 5) is 32.0. The molecule has 12 heteroatoms. The van der Waals surface area contributed by atoms with Crippen LogP contribution in [0.4, 0.5) is 10.5 Å². The highest BCUT2D eigenvalue weighted by Gasteiger charge is 2.26. The summed E-state index contributed by atoms with van der Waals surface area (Å²) < 4.78 is 21.9. The van der Waals surface area contributed by atoms with Crippen molar-refractivity contribution in [2.45, 2.75) is 19.6 Å². The maximum atomic E-state index is 12.1. The molecule has 4 heterocycles. The Bertz CT molecular complexity index is 1870. The van der Waals surface area contributed by atoms with E-state index >= 15 is 0 Å². The van der Waals surface area contributed by atoms with Crippen molar-refractivity contribution in [3.8, 4) is 0 Å². The number of carbonyl (C=O) groups excluding carboxylic acids is 1. The highest BCUT2D eigenvalue weighted by atomic mass is 32.2. The minimum atomic E-state index is -0.691. The second kappa shape index (κ2) is 19.2. The molecule has 4 aromatic rings. The van der Waals surface area contributed by atoms with Crippen molar-refractivity contribution in [3.63, 3.8) is 0 Å².